The number of carbonyl (C=O) groups is 4. The fourth-order valence-electron chi connectivity index (χ4n) is 3.33. The van der Waals surface area contributed by atoms with Crippen LogP contribution in [0.4, 0.5) is 5.69 Å². The third kappa shape index (κ3) is 4.08. The van der Waals surface area contributed by atoms with Gasteiger partial charge in [-0.25, -0.2) is 0 Å². The zero-order valence-corrected chi connectivity index (χ0v) is 15.7. The molecule has 0 radical (unpaired) electrons. The smallest absolute Gasteiger partial charge is 0.305 e. The minimum Gasteiger partial charge on any atom is -0.481 e. The van der Waals surface area contributed by atoms with Gasteiger partial charge in [-0.15, -0.1) is 11.8 Å². The van der Waals surface area contributed by atoms with Gasteiger partial charge in [0.2, 0.25) is 11.8 Å². The number of nitrogens with zero attached hydrogens (tertiary/aromatic N) is 1. The van der Waals surface area contributed by atoms with Gasteiger partial charge in [0.1, 0.15) is 6.04 Å². The number of carboxylic acid groups (broad SMARTS) is 1. The van der Waals surface area contributed by atoms with Gasteiger partial charge < -0.3 is 20.6 Å². The number of benzene rings is 1. The molecule has 8 nitrogen and oxygen atoms in total. The number of hydrogen-bond acceptors (Lipinski definition) is 5. The van der Waals surface area contributed by atoms with E-state index >= 15 is 0 Å². The Labute approximate surface area is 160 Å². The first-order valence-electron chi connectivity index (χ1n) is 8.67. The first-order valence-corrected chi connectivity index (χ1v) is 9.66. The van der Waals surface area contributed by atoms with E-state index in [-0.39, 0.29) is 35.6 Å². The van der Waals surface area contributed by atoms with Crippen molar-refractivity contribution in [2.75, 3.05) is 17.6 Å². The van der Waals surface area contributed by atoms with Crippen molar-refractivity contribution in [3.63, 3.8) is 0 Å². The Morgan fingerprint density at radius 1 is 1.30 bits per heavy atom. The van der Waals surface area contributed by atoms with Crippen LogP contribution >= 0.6 is 11.8 Å². The molecule has 27 heavy (non-hydrogen) atoms. The van der Waals surface area contributed by atoms with Crippen LogP contribution in [0, 0.1) is 0 Å². The maximum atomic E-state index is 12.6. The van der Waals surface area contributed by atoms with E-state index in [1.54, 1.807) is 40.9 Å². The van der Waals surface area contributed by atoms with Crippen molar-refractivity contribution in [2.24, 2.45) is 0 Å². The average Bonchev–Trinajstić information content (AvgIpc) is 3.11. The van der Waals surface area contributed by atoms with Gasteiger partial charge in [-0.2, -0.15) is 0 Å². The topological polar surface area (TPSA) is 116 Å². The number of thioether (sulfide) groups is 1. The summed E-state index contributed by atoms with van der Waals surface area (Å²) >= 11 is 1.63. The number of carbonyl (C=O) groups excluding carboxylic acids is 3. The van der Waals surface area contributed by atoms with E-state index in [0.29, 0.717) is 23.4 Å². The van der Waals surface area contributed by atoms with Crippen LogP contribution in [0.2, 0.25) is 0 Å². The van der Waals surface area contributed by atoms with Gasteiger partial charge in [0.15, 0.2) is 0 Å². The molecule has 1 aromatic carbocycles. The summed E-state index contributed by atoms with van der Waals surface area (Å²) in [4.78, 5) is 48.5. The van der Waals surface area contributed by atoms with Gasteiger partial charge in [0.05, 0.1) is 11.3 Å². The van der Waals surface area contributed by atoms with E-state index in [4.69, 9.17) is 5.11 Å². The van der Waals surface area contributed by atoms with Crippen LogP contribution in [0.1, 0.15) is 36.5 Å². The molecule has 2 aliphatic heterocycles. The van der Waals surface area contributed by atoms with Gasteiger partial charge in [-0.05, 0) is 37.6 Å². The molecule has 2 aliphatic rings. The highest BCUT2D eigenvalue weighted by molar-refractivity contribution is 8.01. The lowest BCUT2D eigenvalue weighted by Gasteiger charge is -2.29. The molecule has 0 saturated carbocycles. The molecule has 1 aromatic rings. The van der Waals surface area contributed by atoms with Crippen LogP contribution in [0.3, 0.4) is 0 Å². The van der Waals surface area contributed by atoms with Gasteiger partial charge in [-0.3, -0.25) is 19.2 Å². The van der Waals surface area contributed by atoms with Crippen LogP contribution in [-0.2, 0) is 14.4 Å². The molecule has 2 fully saturated rings. The molecule has 0 bridgehead atoms. The molecule has 9 heteroatoms. The van der Waals surface area contributed by atoms with Crippen LogP contribution < -0.4 is 10.6 Å². The lowest BCUT2D eigenvalue weighted by molar-refractivity contribution is -0.137. The minimum absolute atomic E-state index is 0.0102. The normalized spacial score (nSPS) is 23.8. The van der Waals surface area contributed by atoms with E-state index < -0.39 is 12.0 Å². The summed E-state index contributed by atoms with van der Waals surface area (Å²) in [5, 5.41) is 13.9. The summed E-state index contributed by atoms with van der Waals surface area (Å²) in [5.41, 5.74) is 0.907. The Hall–Kier alpha value is -2.55. The predicted molar refractivity (Wildman–Crippen MR) is 100 cm³/mol. The number of fused-ring (bicyclic) bond motifs is 1. The molecule has 3 N–H and O–H groups in total. The van der Waals surface area contributed by atoms with E-state index in [1.807, 2.05) is 6.92 Å². The average molecular weight is 391 g/mol. The van der Waals surface area contributed by atoms with Crippen molar-refractivity contribution >= 4 is 41.1 Å². The third-order valence-electron chi connectivity index (χ3n) is 4.79. The number of rotatable bonds is 6. The van der Waals surface area contributed by atoms with Crippen molar-refractivity contribution in [1.82, 2.24) is 10.2 Å². The Kier molecular flexibility index (Phi) is 5.41. The molecule has 2 unspecified atom stereocenters. The van der Waals surface area contributed by atoms with Crippen molar-refractivity contribution in [1.29, 1.82) is 0 Å². The number of aliphatic carboxylic acids is 1. The molecule has 0 aromatic heterocycles. The van der Waals surface area contributed by atoms with Gasteiger partial charge in [0.25, 0.3) is 5.91 Å². The zero-order valence-electron chi connectivity index (χ0n) is 14.9. The molecule has 144 valence electrons. The Bertz CT molecular complexity index is 782. The number of carboxylic acids is 1. The zero-order chi connectivity index (χ0) is 19.6. The summed E-state index contributed by atoms with van der Waals surface area (Å²) in [5.74, 6) is -1.01. The monoisotopic (exact) mass is 391 g/mol. The molecular formula is C18H21N3O5S. The molecule has 2 saturated heterocycles. The lowest BCUT2D eigenvalue weighted by Crippen LogP contribution is -2.48. The number of anilines is 1. The van der Waals surface area contributed by atoms with Gasteiger partial charge in [0, 0.05) is 30.0 Å². The highest BCUT2D eigenvalue weighted by Gasteiger charge is 2.52. The second-order valence-electron chi connectivity index (χ2n) is 6.73. The molecular weight excluding hydrogens is 370 g/mol. The first-order chi connectivity index (χ1) is 12.8. The summed E-state index contributed by atoms with van der Waals surface area (Å²) < 4.78 is 0. The SMILES string of the molecule is CC12CCC(=O)N1C(C(=O)Nc1ccc(C(=O)NCCC(=O)O)cc1)CS2. The molecule has 3 rings (SSSR count). The summed E-state index contributed by atoms with van der Waals surface area (Å²) in [6, 6.07) is 5.84. The highest BCUT2D eigenvalue weighted by Crippen LogP contribution is 2.47. The Morgan fingerprint density at radius 2 is 2.00 bits per heavy atom. The second-order valence-corrected chi connectivity index (χ2v) is 8.23. The number of hydrogen-bond donors (Lipinski definition) is 3. The highest BCUT2D eigenvalue weighted by atomic mass is 32.2. The third-order valence-corrected chi connectivity index (χ3v) is 6.29. The van der Waals surface area contributed by atoms with Crippen molar-refractivity contribution in [3.05, 3.63) is 29.8 Å². The maximum absolute atomic E-state index is 12.6. The van der Waals surface area contributed by atoms with E-state index in [0.717, 1.165) is 6.42 Å². The minimum atomic E-state index is -0.981. The van der Waals surface area contributed by atoms with E-state index in [2.05, 4.69) is 10.6 Å². The van der Waals surface area contributed by atoms with Crippen molar-refractivity contribution < 1.29 is 24.3 Å². The summed E-state index contributed by atoms with van der Waals surface area (Å²) in [7, 11) is 0. The van der Waals surface area contributed by atoms with Crippen LogP contribution in [-0.4, -0.2) is 56.9 Å². The molecule has 3 amide bonds. The fourth-order valence-corrected chi connectivity index (χ4v) is 4.76. The van der Waals surface area contributed by atoms with Crippen LogP contribution in [0.5, 0.6) is 0 Å². The summed E-state index contributed by atoms with van der Waals surface area (Å²) in [6.07, 6.45) is 1.08. The van der Waals surface area contributed by atoms with E-state index in [9.17, 15) is 19.2 Å². The lowest BCUT2D eigenvalue weighted by atomic mass is 10.1. The molecule has 2 heterocycles. The Morgan fingerprint density at radius 3 is 2.67 bits per heavy atom. The van der Waals surface area contributed by atoms with Crippen LogP contribution in [0.25, 0.3) is 0 Å². The first kappa shape index (κ1) is 19.2. The maximum Gasteiger partial charge on any atom is 0.305 e. The molecule has 0 spiro atoms. The van der Waals surface area contributed by atoms with Crippen molar-refractivity contribution in [3.8, 4) is 0 Å². The summed E-state index contributed by atoms with van der Waals surface area (Å²) in [6.45, 7) is 2.04. The fraction of sp³-hybridized carbons (Fsp3) is 0.444. The largest absolute Gasteiger partial charge is 0.481 e. The van der Waals surface area contributed by atoms with Crippen LogP contribution in [0.15, 0.2) is 24.3 Å². The second kappa shape index (κ2) is 7.59. The molecule has 2 atom stereocenters. The number of nitrogens with one attached hydrogen (secondary N) is 2. The van der Waals surface area contributed by atoms with Crippen molar-refractivity contribution in [2.45, 2.75) is 37.1 Å². The predicted octanol–water partition coefficient (Wildman–Crippen LogP) is 1.28. The van der Waals surface area contributed by atoms with E-state index in [1.165, 1.54) is 0 Å². The van der Waals surface area contributed by atoms with Gasteiger partial charge in [-0.1, -0.05) is 0 Å². The quantitative estimate of drug-likeness (QED) is 0.673. The molecule has 0 aliphatic carbocycles. The number of amides is 3. The van der Waals surface area contributed by atoms with Gasteiger partial charge >= 0.3 is 5.97 Å². The Balaban J connectivity index is 1.58. The standard InChI is InChI=1S/C18H21N3O5S/c1-18-8-6-14(22)21(18)13(10-27-18)17(26)20-12-4-2-11(3-5-12)16(25)19-9-7-15(23)24/h2-5,13H,6-10H2,1H3,(H,19,25)(H,20,26)(H,23,24).